The van der Waals surface area contributed by atoms with E-state index in [-0.39, 0.29) is 23.0 Å². The minimum absolute atomic E-state index is 0.0732. The van der Waals surface area contributed by atoms with E-state index in [1.165, 1.54) is 17.0 Å². The fourth-order valence-electron chi connectivity index (χ4n) is 1.43. The summed E-state index contributed by atoms with van der Waals surface area (Å²) in [5.74, 6) is -0.582. The summed E-state index contributed by atoms with van der Waals surface area (Å²) in [5.41, 5.74) is 5.56. The molecular weight excluding hydrogens is 208 g/mol. The molecule has 5 nitrogen and oxygen atoms in total. The summed E-state index contributed by atoms with van der Waals surface area (Å²) in [6.45, 7) is 3.18. The summed E-state index contributed by atoms with van der Waals surface area (Å²) in [6, 6.07) is 3.90. The number of likely N-dealkylation sites (N-methyl/N-ethyl adjacent to an activating group) is 1. The Balaban J connectivity index is 2.94. The van der Waals surface area contributed by atoms with Gasteiger partial charge in [0, 0.05) is 25.7 Å². The zero-order valence-corrected chi connectivity index (χ0v) is 9.18. The third kappa shape index (κ3) is 2.64. The maximum absolute atomic E-state index is 11.9. The summed E-state index contributed by atoms with van der Waals surface area (Å²) in [7, 11) is 0. The van der Waals surface area contributed by atoms with Crippen molar-refractivity contribution < 1.29 is 15.0 Å². The molecule has 0 aliphatic rings. The topological polar surface area (TPSA) is 86.8 Å². The molecule has 88 valence electrons. The molecule has 0 heterocycles. The monoisotopic (exact) mass is 224 g/mol. The molecule has 0 aromatic heterocycles. The molecule has 0 fully saturated rings. The van der Waals surface area contributed by atoms with Crippen molar-refractivity contribution in [1.82, 2.24) is 4.90 Å². The van der Waals surface area contributed by atoms with Crippen molar-refractivity contribution in [1.29, 1.82) is 0 Å². The Bertz CT molecular complexity index is 379. The summed E-state index contributed by atoms with van der Waals surface area (Å²) in [6.07, 6.45) is 0. The molecule has 0 radical (unpaired) electrons. The lowest BCUT2D eigenvalue weighted by Gasteiger charge is -2.20. The van der Waals surface area contributed by atoms with E-state index in [1.54, 1.807) is 0 Å². The molecule has 0 aliphatic carbocycles. The molecule has 1 aromatic rings. The number of phenolic OH excluding ortho intramolecular Hbond substituents is 2. The third-order valence-corrected chi connectivity index (χ3v) is 2.28. The van der Waals surface area contributed by atoms with Gasteiger partial charge in [-0.3, -0.25) is 4.79 Å². The molecule has 0 saturated carbocycles. The molecule has 1 aromatic carbocycles. The summed E-state index contributed by atoms with van der Waals surface area (Å²) in [5, 5.41) is 18.6. The first kappa shape index (κ1) is 12.3. The molecule has 0 unspecified atom stereocenters. The second-order valence-electron chi connectivity index (χ2n) is 3.37. The van der Waals surface area contributed by atoms with E-state index in [9.17, 15) is 9.90 Å². The smallest absolute Gasteiger partial charge is 0.257 e. The SMILES string of the molecule is CCN(CCN)C(=O)c1ccc(O)cc1O. The van der Waals surface area contributed by atoms with Gasteiger partial charge in [-0.2, -0.15) is 0 Å². The molecule has 1 rings (SSSR count). The molecule has 5 heteroatoms. The minimum Gasteiger partial charge on any atom is -0.508 e. The van der Waals surface area contributed by atoms with Gasteiger partial charge in [-0.15, -0.1) is 0 Å². The fourth-order valence-corrected chi connectivity index (χ4v) is 1.43. The molecule has 0 bridgehead atoms. The van der Waals surface area contributed by atoms with Gasteiger partial charge in [0.25, 0.3) is 5.91 Å². The maximum Gasteiger partial charge on any atom is 0.257 e. The average Bonchev–Trinajstić information content (AvgIpc) is 2.25. The number of phenols is 2. The zero-order valence-electron chi connectivity index (χ0n) is 9.18. The van der Waals surface area contributed by atoms with E-state index >= 15 is 0 Å². The van der Waals surface area contributed by atoms with Crippen LogP contribution in [0.15, 0.2) is 18.2 Å². The average molecular weight is 224 g/mol. The number of carbonyl (C=O) groups excluding carboxylic acids is 1. The van der Waals surface area contributed by atoms with Gasteiger partial charge in [0.2, 0.25) is 0 Å². The highest BCUT2D eigenvalue weighted by Crippen LogP contribution is 2.23. The van der Waals surface area contributed by atoms with Crippen molar-refractivity contribution in [2.75, 3.05) is 19.6 Å². The predicted octanol–water partition coefficient (Wildman–Crippen LogP) is 0.519. The van der Waals surface area contributed by atoms with E-state index in [2.05, 4.69) is 0 Å². The Labute approximate surface area is 94.1 Å². The van der Waals surface area contributed by atoms with Gasteiger partial charge in [-0.25, -0.2) is 0 Å². The van der Waals surface area contributed by atoms with Crippen LogP contribution in [0, 0.1) is 0 Å². The van der Waals surface area contributed by atoms with Gasteiger partial charge in [0.05, 0.1) is 5.56 Å². The molecule has 4 N–H and O–H groups in total. The van der Waals surface area contributed by atoms with Crippen molar-refractivity contribution in [3.63, 3.8) is 0 Å². The zero-order chi connectivity index (χ0) is 12.1. The van der Waals surface area contributed by atoms with Crippen LogP contribution in [0.3, 0.4) is 0 Å². The molecule has 0 atom stereocenters. The van der Waals surface area contributed by atoms with Gasteiger partial charge in [0.15, 0.2) is 0 Å². The molecule has 16 heavy (non-hydrogen) atoms. The number of rotatable bonds is 4. The second kappa shape index (κ2) is 5.37. The number of hydrogen-bond acceptors (Lipinski definition) is 4. The van der Waals surface area contributed by atoms with Crippen molar-refractivity contribution in [3.8, 4) is 11.5 Å². The Morgan fingerprint density at radius 3 is 2.62 bits per heavy atom. The van der Waals surface area contributed by atoms with Crippen LogP contribution in [0.4, 0.5) is 0 Å². The summed E-state index contributed by atoms with van der Waals surface area (Å²) in [4.78, 5) is 13.5. The third-order valence-electron chi connectivity index (χ3n) is 2.28. The second-order valence-corrected chi connectivity index (χ2v) is 3.37. The Morgan fingerprint density at radius 2 is 2.12 bits per heavy atom. The molecule has 1 amide bonds. The Hall–Kier alpha value is -1.75. The van der Waals surface area contributed by atoms with Crippen LogP contribution in [-0.4, -0.2) is 40.7 Å². The number of hydrogen-bond donors (Lipinski definition) is 3. The van der Waals surface area contributed by atoms with Crippen molar-refractivity contribution in [2.45, 2.75) is 6.92 Å². The summed E-state index contributed by atoms with van der Waals surface area (Å²) < 4.78 is 0. The largest absolute Gasteiger partial charge is 0.508 e. The van der Waals surface area contributed by atoms with Crippen LogP contribution < -0.4 is 5.73 Å². The quantitative estimate of drug-likeness (QED) is 0.695. The van der Waals surface area contributed by atoms with Gasteiger partial charge < -0.3 is 20.8 Å². The Morgan fingerprint density at radius 1 is 1.44 bits per heavy atom. The van der Waals surface area contributed by atoms with Gasteiger partial charge in [-0.1, -0.05) is 0 Å². The number of benzene rings is 1. The van der Waals surface area contributed by atoms with Crippen LogP contribution in [0.1, 0.15) is 17.3 Å². The first-order chi connectivity index (χ1) is 7.60. The lowest BCUT2D eigenvalue weighted by atomic mass is 10.1. The number of nitrogens with zero attached hydrogens (tertiary/aromatic N) is 1. The predicted molar refractivity (Wildman–Crippen MR) is 60.4 cm³/mol. The normalized spacial score (nSPS) is 10.1. The van der Waals surface area contributed by atoms with Gasteiger partial charge >= 0.3 is 0 Å². The number of aromatic hydroxyl groups is 2. The highest BCUT2D eigenvalue weighted by Gasteiger charge is 2.17. The van der Waals surface area contributed by atoms with E-state index in [1.807, 2.05) is 6.92 Å². The lowest BCUT2D eigenvalue weighted by molar-refractivity contribution is 0.0766. The maximum atomic E-state index is 11.9. The van der Waals surface area contributed by atoms with Crippen LogP contribution in [0.2, 0.25) is 0 Å². The first-order valence-electron chi connectivity index (χ1n) is 5.11. The number of amides is 1. The van der Waals surface area contributed by atoms with E-state index in [4.69, 9.17) is 10.8 Å². The molecule has 0 aliphatic heterocycles. The molecule has 0 spiro atoms. The van der Waals surface area contributed by atoms with Gasteiger partial charge in [-0.05, 0) is 19.1 Å². The fraction of sp³-hybridized carbons (Fsp3) is 0.364. The van der Waals surface area contributed by atoms with Crippen LogP contribution >= 0.6 is 0 Å². The lowest BCUT2D eigenvalue weighted by Crippen LogP contribution is -2.35. The number of nitrogens with two attached hydrogens (primary N) is 1. The molecule has 0 saturated heterocycles. The van der Waals surface area contributed by atoms with Crippen LogP contribution in [0.5, 0.6) is 11.5 Å². The number of carbonyl (C=O) groups is 1. The van der Waals surface area contributed by atoms with Crippen molar-refractivity contribution in [3.05, 3.63) is 23.8 Å². The van der Waals surface area contributed by atoms with Crippen LogP contribution in [-0.2, 0) is 0 Å². The van der Waals surface area contributed by atoms with E-state index in [0.29, 0.717) is 19.6 Å². The standard InChI is InChI=1S/C11H16N2O3/c1-2-13(6-5-12)11(16)9-4-3-8(14)7-10(9)15/h3-4,7,14-15H,2,5-6,12H2,1H3. The van der Waals surface area contributed by atoms with Crippen LogP contribution in [0.25, 0.3) is 0 Å². The van der Waals surface area contributed by atoms with Gasteiger partial charge in [0.1, 0.15) is 11.5 Å². The first-order valence-corrected chi connectivity index (χ1v) is 5.11. The highest BCUT2D eigenvalue weighted by molar-refractivity contribution is 5.97. The molecular formula is C11H16N2O3. The van der Waals surface area contributed by atoms with E-state index in [0.717, 1.165) is 6.07 Å². The Kier molecular flexibility index (Phi) is 4.13. The van der Waals surface area contributed by atoms with E-state index < -0.39 is 0 Å². The highest BCUT2D eigenvalue weighted by atomic mass is 16.3. The minimum atomic E-state index is -0.287. The van der Waals surface area contributed by atoms with Crippen molar-refractivity contribution in [2.24, 2.45) is 5.73 Å². The summed E-state index contributed by atoms with van der Waals surface area (Å²) >= 11 is 0. The van der Waals surface area contributed by atoms with Crippen molar-refractivity contribution >= 4 is 5.91 Å².